The Labute approximate surface area is 121 Å². The van der Waals surface area contributed by atoms with Crippen LogP contribution >= 0.6 is 0 Å². The Balaban J connectivity index is 2.26. The predicted octanol–water partition coefficient (Wildman–Crippen LogP) is 2.48. The van der Waals surface area contributed by atoms with Gasteiger partial charge in [0.1, 0.15) is 5.75 Å². The topological polar surface area (TPSA) is 50.4 Å². The molecule has 0 aliphatic heterocycles. The standard InChI is InChI=1S/C16H26N2O2/c1-4-5-10-20-15-8-6-14(7-9-15)11-17-12-16(19)18-13(2)3/h6-9,13,17H,4-5,10-12H2,1-3H3,(H,18,19). The fourth-order valence-electron chi connectivity index (χ4n) is 1.73. The number of amides is 1. The van der Waals surface area contributed by atoms with E-state index in [0.717, 1.165) is 30.8 Å². The highest BCUT2D eigenvalue weighted by molar-refractivity contribution is 5.78. The largest absolute Gasteiger partial charge is 0.494 e. The van der Waals surface area contributed by atoms with E-state index in [1.807, 2.05) is 38.1 Å². The van der Waals surface area contributed by atoms with Gasteiger partial charge in [-0.05, 0) is 38.0 Å². The van der Waals surface area contributed by atoms with Gasteiger partial charge < -0.3 is 15.4 Å². The SMILES string of the molecule is CCCCOc1ccc(CNCC(=O)NC(C)C)cc1. The number of hydrogen-bond donors (Lipinski definition) is 2. The number of unbranched alkanes of at least 4 members (excludes halogenated alkanes) is 1. The first-order valence-electron chi connectivity index (χ1n) is 7.33. The Morgan fingerprint density at radius 1 is 1.25 bits per heavy atom. The second kappa shape index (κ2) is 9.37. The van der Waals surface area contributed by atoms with E-state index in [1.54, 1.807) is 0 Å². The molecular weight excluding hydrogens is 252 g/mol. The maximum absolute atomic E-state index is 11.5. The van der Waals surface area contributed by atoms with Crippen molar-refractivity contribution in [3.8, 4) is 5.75 Å². The zero-order valence-electron chi connectivity index (χ0n) is 12.7. The number of carbonyl (C=O) groups excluding carboxylic acids is 1. The van der Waals surface area contributed by atoms with Gasteiger partial charge in [-0.15, -0.1) is 0 Å². The lowest BCUT2D eigenvalue weighted by atomic mass is 10.2. The summed E-state index contributed by atoms with van der Waals surface area (Å²) in [7, 11) is 0. The average Bonchev–Trinajstić information content (AvgIpc) is 2.40. The third-order valence-electron chi connectivity index (χ3n) is 2.75. The summed E-state index contributed by atoms with van der Waals surface area (Å²) in [5.74, 6) is 0.930. The van der Waals surface area contributed by atoms with Crippen molar-refractivity contribution in [3.05, 3.63) is 29.8 Å². The number of rotatable bonds is 9. The highest BCUT2D eigenvalue weighted by Gasteiger charge is 2.02. The summed E-state index contributed by atoms with van der Waals surface area (Å²) < 4.78 is 5.60. The first-order valence-corrected chi connectivity index (χ1v) is 7.33. The monoisotopic (exact) mass is 278 g/mol. The minimum atomic E-state index is 0.0273. The number of carbonyl (C=O) groups is 1. The molecule has 0 aliphatic carbocycles. The van der Waals surface area contributed by atoms with E-state index in [-0.39, 0.29) is 11.9 Å². The van der Waals surface area contributed by atoms with Gasteiger partial charge in [0, 0.05) is 12.6 Å². The van der Waals surface area contributed by atoms with Gasteiger partial charge in [-0.2, -0.15) is 0 Å². The van der Waals surface area contributed by atoms with Crippen LogP contribution in [0.3, 0.4) is 0 Å². The summed E-state index contributed by atoms with van der Waals surface area (Å²) >= 11 is 0. The molecule has 1 aromatic carbocycles. The van der Waals surface area contributed by atoms with Crippen LogP contribution in [0.1, 0.15) is 39.2 Å². The van der Waals surface area contributed by atoms with E-state index in [4.69, 9.17) is 4.74 Å². The summed E-state index contributed by atoms with van der Waals surface area (Å²) in [5, 5.41) is 5.97. The molecule has 4 nitrogen and oxygen atoms in total. The van der Waals surface area contributed by atoms with Crippen LogP contribution in [0.25, 0.3) is 0 Å². The molecule has 0 saturated heterocycles. The zero-order valence-corrected chi connectivity index (χ0v) is 12.7. The van der Waals surface area contributed by atoms with Gasteiger partial charge in [-0.1, -0.05) is 25.5 Å². The zero-order chi connectivity index (χ0) is 14.8. The summed E-state index contributed by atoms with van der Waals surface area (Å²) in [6.45, 7) is 7.84. The fourth-order valence-corrected chi connectivity index (χ4v) is 1.73. The molecule has 0 spiro atoms. The van der Waals surface area contributed by atoms with Crippen molar-refractivity contribution in [2.24, 2.45) is 0 Å². The number of ether oxygens (including phenoxy) is 1. The molecule has 0 aromatic heterocycles. The van der Waals surface area contributed by atoms with Crippen molar-refractivity contribution in [1.82, 2.24) is 10.6 Å². The quantitative estimate of drug-likeness (QED) is 0.682. The second-order valence-corrected chi connectivity index (χ2v) is 5.17. The Morgan fingerprint density at radius 3 is 2.55 bits per heavy atom. The van der Waals surface area contributed by atoms with Gasteiger partial charge in [0.25, 0.3) is 0 Å². The van der Waals surface area contributed by atoms with E-state index in [2.05, 4.69) is 17.6 Å². The van der Waals surface area contributed by atoms with Crippen molar-refractivity contribution in [3.63, 3.8) is 0 Å². The normalized spacial score (nSPS) is 10.6. The molecule has 1 rings (SSSR count). The molecule has 0 unspecified atom stereocenters. The number of nitrogens with one attached hydrogen (secondary N) is 2. The first-order chi connectivity index (χ1) is 9.61. The first kappa shape index (κ1) is 16.5. The summed E-state index contributed by atoms with van der Waals surface area (Å²) in [5.41, 5.74) is 1.14. The van der Waals surface area contributed by atoms with Gasteiger partial charge >= 0.3 is 0 Å². The summed E-state index contributed by atoms with van der Waals surface area (Å²) in [4.78, 5) is 11.5. The lowest BCUT2D eigenvalue weighted by Crippen LogP contribution is -2.37. The molecule has 4 heteroatoms. The van der Waals surface area contributed by atoms with Gasteiger partial charge in [0.2, 0.25) is 5.91 Å². The highest BCUT2D eigenvalue weighted by Crippen LogP contribution is 2.12. The summed E-state index contributed by atoms with van der Waals surface area (Å²) in [6, 6.07) is 8.18. The molecule has 2 N–H and O–H groups in total. The molecule has 0 atom stereocenters. The van der Waals surface area contributed by atoms with Crippen LogP contribution in [0.15, 0.2) is 24.3 Å². The van der Waals surface area contributed by atoms with Crippen LogP contribution in [0.2, 0.25) is 0 Å². The average molecular weight is 278 g/mol. The van der Waals surface area contributed by atoms with Crippen LogP contribution in [-0.4, -0.2) is 25.1 Å². The molecule has 0 saturated carbocycles. The van der Waals surface area contributed by atoms with Gasteiger partial charge in [-0.3, -0.25) is 4.79 Å². The Hall–Kier alpha value is -1.55. The molecule has 0 aliphatic rings. The van der Waals surface area contributed by atoms with Crippen molar-refractivity contribution < 1.29 is 9.53 Å². The number of hydrogen-bond acceptors (Lipinski definition) is 3. The second-order valence-electron chi connectivity index (χ2n) is 5.17. The lowest BCUT2D eigenvalue weighted by Gasteiger charge is -2.10. The van der Waals surface area contributed by atoms with Crippen molar-refractivity contribution in [1.29, 1.82) is 0 Å². The van der Waals surface area contributed by atoms with E-state index in [1.165, 1.54) is 0 Å². The molecule has 0 radical (unpaired) electrons. The molecular formula is C16H26N2O2. The van der Waals surface area contributed by atoms with Crippen molar-refractivity contribution >= 4 is 5.91 Å². The van der Waals surface area contributed by atoms with E-state index in [9.17, 15) is 4.79 Å². The Morgan fingerprint density at radius 2 is 1.95 bits per heavy atom. The Bertz CT molecular complexity index is 388. The molecule has 0 fully saturated rings. The maximum atomic E-state index is 11.5. The third-order valence-corrected chi connectivity index (χ3v) is 2.75. The number of benzene rings is 1. The molecule has 20 heavy (non-hydrogen) atoms. The molecule has 1 amide bonds. The smallest absolute Gasteiger partial charge is 0.234 e. The fraction of sp³-hybridized carbons (Fsp3) is 0.562. The van der Waals surface area contributed by atoms with Gasteiger partial charge in [-0.25, -0.2) is 0 Å². The van der Waals surface area contributed by atoms with Gasteiger partial charge in [0.15, 0.2) is 0 Å². The summed E-state index contributed by atoms with van der Waals surface area (Å²) in [6.07, 6.45) is 2.22. The molecule has 0 heterocycles. The van der Waals surface area contributed by atoms with E-state index < -0.39 is 0 Å². The Kier molecular flexibility index (Phi) is 7.73. The van der Waals surface area contributed by atoms with Crippen LogP contribution in [0.4, 0.5) is 0 Å². The van der Waals surface area contributed by atoms with Gasteiger partial charge in [0.05, 0.1) is 13.2 Å². The van der Waals surface area contributed by atoms with E-state index in [0.29, 0.717) is 13.1 Å². The van der Waals surface area contributed by atoms with Crippen LogP contribution in [-0.2, 0) is 11.3 Å². The van der Waals surface area contributed by atoms with E-state index >= 15 is 0 Å². The minimum absolute atomic E-state index is 0.0273. The van der Waals surface area contributed by atoms with Crippen LogP contribution < -0.4 is 15.4 Å². The molecule has 112 valence electrons. The highest BCUT2D eigenvalue weighted by atomic mass is 16.5. The third kappa shape index (κ3) is 7.14. The minimum Gasteiger partial charge on any atom is -0.494 e. The van der Waals surface area contributed by atoms with Crippen molar-refractivity contribution in [2.75, 3.05) is 13.2 Å². The van der Waals surface area contributed by atoms with Crippen LogP contribution in [0.5, 0.6) is 5.75 Å². The molecule has 0 bridgehead atoms. The lowest BCUT2D eigenvalue weighted by molar-refractivity contribution is -0.120. The predicted molar refractivity (Wildman–Crippen MR) is 81.8 cm³/mol. The van der Waals surface area contributed by atoms with Crippen LogP contribution in [0, 0.1) is 0 Å². The van der Waals surface area contributed by atoms with Crippen molar-refractivity contribution in [2.45, 2.75) is 46.2 Å². The molecule has 1 aromatic rings. The maximum Gasteiger partial charge on any atom is 0.234 e.